The number of hydrogen-bond donors (Lipinski definition) is 1. The van der Waals surface area contributed by atoms with E-state index >= 15 is 0 Å². The Labute approximate surface area is 82.4 Å². The van der Waals surface area contributed by atoms with Crippen molar-refractivity contribution in [1.29, 1.82) is 0 Å². The molecule has 0 aliphatic heterocycles. The summed E-state index contributed by atoms with van der Waals surface area (Å²) < 4.78 is 1.84. The third-order valence-electron chi connectivity index (χ3n) is 2.21. The van der Waals surface area contributed by atoms with Crippen LogP contribution in [0.25, 0.3) is 0 Å². The monoisotopic (exact) mass is 188 g/mol. The second kappa shape index (κ2) is 3.49. The standard InChI is InChI=1S/C10H12N4/c1-8(9-2-5-12-6-3-9)14-7-4-10(11)13-14/h2-8H,1H3,(H2,11,13)/t8-/m0/s1. The molecule has 4 heteroatoms. The molecule has 14 heavy (non-hydrogen) atoms. The van der Waals surface area contributed by atoms with Gasteiger partial charge in [-0.05, 0) is 30.7 Å². The maximum Gasteiger partial charge on any atom is 0.145 e. The Morgan fingerprint density at radius 3 is 2.57 bits per heavy atom. The molecule has 4 nitrogen and oxygen atoms in total. The summed E-state index contributed by atoms with van der Waals surface area (Å²) >= 11 is 0. The van der Waals surface area contributed by atoms with E-state index in [1.54, 1.807) is 18.5 Å². The third-order valence-corrected chi connectivity index (χ3v) is 2.21. The lowest BCUT2D eigenvalue weighted by Crippen LogP contribution is -2.07. The Balaban J connectivity index is 2.29. The molecule has 0 radical (unpaired) electrons. The highest BCUT2D eigenvalue weighted by molar-refractivity contribution is 5.25. The molecule has 72 valence electrons. The highest BCUT2D eigenvalue weighted by atomic mass is 15.3. The van der Waals surface area contributed by atoms with Gasteiger partial charge in [-0.15, -0.1) is 0 Å². The van der Waals surface area contributed by atoms with Gasteiger partial charge < -0.3 is 5.73 Å². The molecule has 2 aromatic heterocycles. The summed E-state index contributed by atoms with van der Waals surface area (Å²) in [7, 11) is 0. The van der Waals surface area contributed by atoms with Crippen molar-refractivity contribution in [3.8, 4) is 0 Å². The number of pyridine rings is 1. The fourth-order valence-corrected chi connectivity index (χ4v) is 1.36. The second-order valence-corrected chi connectivity index (χ2v) is 3.18. The van der Waals surface area contributed by atoms with E-state index in [9.17, 15) is 0 Å². The summed E-state index contributed by atoms with van der Waals surface area (Å²) in [5.74, 6) is 0.547. The molecule has 2 aromatic rings. The van der Waals surface area contributed by atoms with Crippen LogP contribution in [-0.2, 0) is 0 Å². The van der Waals surface area contributed by atoms with Crippen LogP contribution < -0.4 is 5.73 Å². The second-order valence-electron chi connectivity index (χ2n) is 3.18. The Kier molecular flexibility index (Phi) is 2.18. The molecule has 0 fully saturated rings. The first-order valence-corrected chi connectivity index (χ1v) is 4.48. The van der Waals surface area contributed by atoms with Crippen LogP contribution in [0.3, 0.4) is 0 Å². The van der Waals surface area contributed by atoms with E-state index in [1.165, 1.54) is 5.56 Å². The van der Waals surface area contributed by atoms with E-state index in [1.807, 2.05) is 23.0 Å². The molecule has 0 saturated carbocycles. The summed E-state index contributed by atoms with van der Waals surface area (Å²) in [5.41, 5.74) is 6.72. The van der Waals surface area contributed by atoms with Gasteiger partial charge in [0.05, 0.1) is 6.04 Å². The van der Waals surface area contributed by atoms with Crippen molar-refractivity contribution in [3.05, 3.63) is 42.4 Å². The fraction of sp³-hybridized carbons (Fsp3) is 0.200. The smallest absolute Gasteiger partial charge is 0.145 e. The molecule has 2 rings (SSSR count). The van der Waals surface area contributed by atoms with Crippen LogP contribution >= 0.6 is 0 Å². The summed E-state index contributed by atoms with van der Waals surface area (Å²) in [6.45, 7) is 2.07. The van der Waals surface area contributed by atoms with Gasteiger partial charge in [0.1, 0.15) is 5.82 Å². The van der Waals surface area contributed by atoms with Crippen LogP contribution in [0, 0.1) is 0 Å². The Hall–Kier alpha value is -1.84. The number of nitrogen functional groups attached to an aromatic ring is 1. The summed E-state index contributed by atoms with van der Waals surface area (Å²) in [6.07, 6.45) is 5.43. The van der Waals surface area contributed by atoms with Gasteiger partial charge in [0.25, 0.3) is 0 Å². The van der Waals surface area contributed by atoms with Crippen LogP contribution in [0.2, 0.25) is 0 Å². The molecule has 0 aliphatic carbocycles. The van der Waals surface area contributed by atoms with Crippen molar-refractivity contribution in [3.63, 3.8) is 0 Å². The van der Waals surface area contributed by atoms with E-state index in [4.69, 9.17) is 5.73 Å². The lowest BCUT2D eigenvalue weighted by atomic mass is 10.1. The molecule has 0 amide bonds. The fourth-order valence-electron chi connectivity index (χ4n) is 1.36. The molecule has 0 aliphatic rings. The van der Waals surface area contributed by atoms with Crippen LogP contribution in [-0.4, -0.2) is 14.8 Å². The molecular formula is C10H12N4. The molecule has 0 bridgehead atoms. The number of anilines is 1. The zero-order valence-corrected chi connectivity index (χ0v) is 7.96. The number of aromatic nitrogens is 3. The van der Waals surface area contributed by atoms with Crippen LogP contribution in [0.4, 0.5) is 5.82 Å². The molecular weight excluding hydrogens is 176 g/mol. The highest BCUT2D eigenvalue weighted by Crippen LogP contribution is 2.16. The number of hydrogen-bond acceptors (Lipinski definition) is 3. The van der Waals surface area contributed by atoms with Gasteiger partial charge in [-0.2, -0.15) is 5.10 Å². The SMILES string of the molecule is C[C@@H](c1ccncc1)n1ccc(N)n1. The first-order valence-electron chi connectivity index (χ1n) is 4.48. The first-order chi connectivity index (χ1) is 6.77. The van der Waals surface area contributed by atoms with Crippen LogP contribution in [0.15, 0.2) is 36.8 Å². The van der Waals surface area contributed by atoms with Crippen molar-refractivity contribution in [2.75, 3.05) is 5.73 Å². The summed E-state index contributed by atoms with van der Waals surface area (Å²) in [6, 6.07) is 5.93. The Bertz CT molecular complexity index is 407. The number of nitrogens with zero attached hydrogens (tertiary/aromatic N) is 3. The highest BCUT2D eigenvalue weighted by Gasteiger charge is 2.07. The predicted molar refractivity (Wildman–Crippen MR) is 54.7 cm³/mol. The molecule has 0 saturated heterocycles. The topological polar surface area (TPSA) is 56.7 Å². The summed E-state index contributed by atoms with van der Waals surface area (Å²) in [5, 5.41) is 4.16. The molecule has 0 aromatic carbocycles. The van der Waals surface area contributed by atoms with Gasteiger partial charge >= 0.3 is 0 Å². The maximum absolute atomic E-state index is 5.55. The van der Waals surface area contributed by atoms with Gasteiger partial charge in [-0.3, -0.25) is 9.67 Å². The maximum atomic E-state index is 5.55. The molecule has 2 heterocycles. The van der Waals surface area contributed by atoms with Crippen molar-refractivity contribution in [1.82, 2.24) is 14.8 Å². The van der Waals surface area contributed by atoms with Gasteiger partial charge in [0.15, 0.2) is 0 Å². The van der Waals surface area contributed by atoms with E-state index in [2.05, 4.69) is 17.0 Å². The summed E-state index contributed by atoms with van der Waals surface area (Å²) in [4.78, 5) is 3.97. The minimum absolute atomic E-state index is 0.190. The van der Waals surface area contributed by atoms with Crippen LogP contribution in [0.5, 0.6) is 0 Å². The van der Waals surface area contributed by atoms with E-state index in [-0.39, 0.29) is 6.04 Å². The zero-order chi connectivity index (χ0) is 9.97. The molecule has 0 spiro atoms. The van der Waals surface area contributed by atoms with Gasteiger partial charge in [0, 0.05) is 18.6 Å². The largest absolute Gasteiger partial charge is 0.382 e. The van der Waals surface area contributed by atoms with Crippen molar-refractivity contribution < 1.29 is 0 Å². The van der Waals surface area contributed by atoms with E-state index < -0.39 is 0 Å². The van der Waals surface area contributed by atoms with E-state index in [0.717, 1.165) is 0 Å². The third kappa shape index (κ3) is 1.59. The van der Waals surface area contributed by atoms with Crippen molar-refractivity contribution in [2.45, 2.75) is 13.0 Å². The Morgan fingerprint density at radius 2 is 2.00 bits per heavy atom. The minimum atomic E-state index is 0.190. The van der Waals surface area contributed by atoms with Crippen LogP contribution in [0.1, 0.15) is 18.5 Å². The molecule has 1 atom stereocenters. The van der Waals surface area contributed by atoms with Gasteiger partial charge in [-0.25, -0.2) is 0 Å². The number of nitrogens with two attached hydrogens (primary N) is 1. The lowest BCUT2D eigenvalue weighted by molar-refractivity contribution is 0.566. The van der Waals surface area contributed by atoms with Gasteiger partial charge in [-0.1, -0.05) is 0 Å². The van der Waals surface area contributed by atoms with Gasteiger partial charge in [0.2, 0.25) is 0 Å². The van der Waals surface area contributed by atoms with Crippen molar-refractivity contribution >= 4 is 5.82 Å². The zero-order valence-electron chi connectivity index (χ0n) is 7.96. The lowest BCUT2D eigenvalue weighted by Gasteiger charge is -2.11. The van der Waals surface area contributed by atoms with E-state index in [0.29, 0.717) is 5.82 Å². The first kappa shape index (κ1) is 8.74. The van der Waals surface area contributed by atoms with Crippen molar-refractivity contribution in [2.24, 2.45) is 0 Å². The molecule has 0 unspecified atom stereocenters. The minimum Gasteiger partial charge on any atom is -0.382 e. The molecule has 2 N–H and O–H groups in total. The quantitative estimate of drug-likeness (QED) is 0.776. The normalized spacial score (nSPS) is 12.6. The average Bonchev–Trinajstić information content (AvgIpc) is 2.65. The number of rotatable bonds is 2. The predicted octanol–water partition coefficient (Wildman–Crippen LogP) is 1.47. The average molecular weight is 188 g/mol. The Morgan fingerprint density at radius 1 is 1.29 bits per heavy atom.